The fourth-order valence-electron chi connectivity index (χ4n) is 1.61. The number of nitrogens with one attached hydrogen (secondary N) is 1. The summed E-state index contributed by atoms with van der Waals surface area (Å²) in [6.07, 6.45) is 3.05. The second-order valence-corrected chi connectivity index (χ2v) is 4.82. The van der Waals surface area contributed by atoms with Crippen LogP contribution < -0.4 is 10.2 Å². The highest BCUT2D eigenvalue weighted by atomic mass is 35.5. The van der Waals surface area contributed by atoms with Crippen molar-refractivity contribution in [2.24, 2.45) is 0 Å². The maximum Gasteiger partial charge on any atom is 0.251 e. The SMILES string of the molecule is CN(C)c1ccc(C(=O)NCCCCCCl)cc1. The Morgan fingerprint density at radius 1 is 1.17 bits per heavy atom. The second-order valence-electron chi connectivity index (χ2n) is 4.45. The van der Waals surface area contributed by atoms with E-state index in [1.807, 2.05) is 43.3 Å². The van der Waals surface area contributed by atoms with E-state index >= 15 is 0 Å². The molecule has 18 heavy (non-hydrogen) atoms. The molecule has 0 heterocycles. The zero-order chi connectivity index (χ0) is 13.4. The summed E-state index contributed by atoms with van der Waals surface area (Å²) in [5, 5.41) is 2.91. The quantitative estimate of drug-likeness (QED) is 0.609. The van der Waals surface area contributed by atoms with E-state index in [9.17, 15) is 4.79 Å². The number of rotatable bonds is 7. The monoisotopic (exact) mass is 268 g/mol. The smallest absolute Gasteiger partial charge is 0.251 e. The number of halogens is 1. The molecule has 100 valence electrons. The maximum absolute atomic E-state index is 11.8. The largest absolute Gasteiger partial charge is 0.378 e. The Bertz CT molecular complexity index is 363. The van der Waals surface area contributed by atoms with Crippen LogP contribution in [0.1, 0.15) is 29.6 Å². The highest BCUT2D eigenvalue weighted by Crippen LogP contribution is 2.12. The molecule has 4 heteroatoms. The Hall–Kier alpha value is -1.22. The molecule has 0 saturated heterocycles. The minimum atomic E-state index is -0.00817. The molecule has 3 nitrogen and oxygen atoms in total. The molecule has 1 aromatic rings. The van der Waals surface area contributed by atoms with E-state index in [-0.39, 0.29) is 5.91 Å². The molecule has 0 spiro atoms. The molecule has 0 saturated carbocycles. The van der Waals surface area contributed by atoms with Gasteiger partial charge in [0.1, 0.15) is 0 Å². The topological polar surface area (TPSA) is 32.3 Å². The molecule has 1 aromatic carbocycles. The van der Waals surface area contributed by atoms with Crippen molar-refractivity contribution < 1.29 is 4.79 Å². The van der Waals surface area contributed by atoms with Crippen LogP contribution in [0.3, 0.4) is 0 Å². The fourth-order valence-corrected chi connectivity index (χ4v) is 1.80. The molecule has 1 N–H and O–H groups in total. The van der Waals surface area contributed by atoms with Crippen molar-refractivity contribution >= 4 is 23.2 Å². The number of carbonyl (C=O) groups is 1. The van der Waals surface area contributed by atoms with Crippen molar-refractivity contribution in [1.82, 2.24) is 5.32 Å². The third-order valence-corrected chi connectivity index (χ3v) is 3.01. The lowest BCUT2D eigenvalue weighted by atomic mass is 10.2. The van der Waals surface area contributed by atoms with Crippen molar-refractivity contribution in [3.8, 4) is 0 Å². The van der Waals surface area contributed by atoms with Gasteiger partial charge in [-0.2, -0.15) is 0 Å². The van der Waals surface area contributed by atoms with Crippen LogP contribution in [0.25, 0.3) is 0 Å². The van der Waals surface area contributed by atoms with Gasteiger partial charge in [0.05, 0.1) is 0 Å². The van der Waals surface area contributed by atoms with E-state index in [4.69, 9.17) is 11.6 Å². The number of alkyl halides is 1. The normalized spacial score (nSPS) is 10.2. The van der Waals surface area contributed by atoms with E-state index in [1.165, 1.54) is 0 Å². The van der Waals surface area contributed by atoms with Crippen LogP contribution in [0.15, 0.2) is 24.3 Å². The minimum Gasteiger partial charge on any atom is -0.378 e. The summed E-state index contributed by atoms with van der Waals surface area (Å²) in [5.74, 6) is 0.686. The summed E-state index contributed by atoms with van der Waals surface area (Å²) in [6, 6.07) is 7.59. The van der Waals surface area contributed by atoms with Crippen LogP contribution in [0.5, 0.6) is 0 Å². The van der Waals surface area contributed by atoms with Gasteiger partial charge in [0, 0.05) is 37.8 Å². The number of nitrogens with zero attached hydrogens (tertiary/aromatic N) is 1. The summed E-state index contributed by atoms with van der Waals surface area (Å²) in [4.78, 5) is 13.8. The molecule has 0 aromatic heterocycles. The minimum absolute atomic E-state index is 0.00817. The van der Waals surface area contributed by atoms with Gasteiger partial charge in [0.25, 0.3) is 5.91 Å². The molecule has 0 bridgehead atoms. The molecule has 0 aliphatic rings. The van der Waals surface area contributed by atoms with Crippen molar-refractivity contribution in [3.05, 3.63) is 29.8 Å². The van der Waals surface area contributed by atoms with E-state index in [2.05, 4.69) is 5.32 Å². The first-order valence-corrected chi connectivity index (χ1v) is 6.80. The van der Waals surface area contributed by atoms with Gasteiger partial charge in [0.15, 0.2) is 0 Å². The zero-order valence-electron chi connectivity index (χ0n) is 11.1. The number of anilines is 1. The number of hydrogen-bond donors (Lipinski definition) is 1. The molecule has 1 amide bonds. The van der Waals surface area contributed by atoms with Crippen LogP contribution in [0, 0.1) is 0 Å². The fraction of sp³-hybridized carbons (Fsp3) is 0.500. The van der Waals surface area contributed by atoms with Crippen LogP contribution >= 0.6 is 11.6 Å². The molecule has 0 fully saturated rings. The van der Waals surface area contributed by atoms with Crippen molar-refractivity contribution in [1.29, 1.82) is 0 Å². The van der Waals surface area contributed by atoms with Crippen LogP contribution in [-0.4, -0.2) is 32.4 Å². The van der Waals surface area contributed by atoms with E-state index in [0.29, 0.717) is 18.0 Å². The molecular formula is C14H21ClN2O. The molecule has 1 rings (SSSR count). The predicted octanol–water partition coefficient (Wildman–Crippen LogP) is 2.89. The zero-order valence-corrected chi connectivity index (χ0v) is 11.8. The van der Waals surface area contributed by atoms with Gasteiger partial charge in [0.2, 0.25) is 0 Å². The first-order valence-electron chi connectivity index (χ1n) is 6.26. The third-order valence-electron chi connectivity index (χ3n) is 2.74. The van der Waals surface area contributed by atoms with Crippen LogP contribution in [0.2, 0.25) is 0 Å². The Kier molecular flexibility index (Phi) is 6.58. The summed E-state index contributed by atoms with van der Waals surface area (Å²) in [6.45, 7) is 0.713. The van der Waals surface area contributed by atoms with Gasteiger partial charge in [-0.3, -0.25) is 4.79 Å². The molecule has 0 radical (unpaired) electrons. The van der Waals surface area contributed by atoms with Gasteiger partial charge in [-0.1, -0.05) is 6.42 Å². The van der Waals surface area contributed by atoms with Crippen molar-refractivity contribution in [2.45, 2.75) is 19.3 Å². The first-order chi connectivity index (χ1) is 8.65. The molecule has 0 aliphatic heterocycles. The lowest BCUT2D eigenvalue weighted by molar-refractivity contribution is 0.0953. The number of unbranched alkanes of at least 4 members (excludes halogenated alkanes) is 2. The summed E-state index contributed by atoms with van der Waals surface area (Å²) >= 11 is 5.59. The predicted molar refractivity (Wildman–Crippen MR) is 77.7 cm³/mol. The van der Waals surface area contributed by atoms with E-state index in [1.54, 1.807) is 0 Å². The standard InChI is InChI=1S/C14H21ClN2O/c1-17(2)13-8-6-12(7-9-13)14(18)16-11-5-3-4-10-15/h6-9H,3-5,10-11H2,1-2H3,(H,16,18). The Morgan fingerprint density at radius 2 is 1.83 bits per heavy atom. The number of amides is 1. The van der Waals surface area contributed by atoms with Gasteiger partial charge < -0.3 is 10.2 Å². The average Bonchev–Trinajstić information content (AvgIpc) is 2.38. The van der Waals surface area contributed by atoms with Crippen molar-refractivity contribution in [3.63, 3.8) is 0 Å². The molecular weight excluding hydrogens is 248 g/mol. The summed E-state index contributed by atoms with van der Waals surface area (Å²) in [5.41, 5.74) is 1.80. The molecule has 0 aliphatic carbocycles. The lowest BCUT2D eigenvalue weighted by Gasteiger charge is -2.12. The summed E-state index contributed by atoms with van der Waals surface area (Å²) < 4.78 is 0. The van der Waals surface area contributed by atoms with E-state index in [0.717, 1.165) is 24.9 Å². The highest BCUT2D eigenvalue weighted by Gasteiger charge is 2.04. The highest BCUT2D eigenvalue weighted by molar-refractivity contribution is 6.17. The van der Waals surface area contributed by atoms with Gasteiger partial charge in [-0.05, 0) is 37.1 Å². The Labute approximate surface area is 114 Å². The first kappa shape index (κ1) is 14.8. The number of hydrogen-bond acceptors (Lipinski definition) is 2. The lowest BCUT2D eigenvalue weighted by Crippen LogP contribution is -2.24. The maximum atomic E-state index is 11.8. The van der Waals surface area contributed by atoms with E-state index < -0.39 is 0 Å². The Balaban J connectivity index is 2.37. The molecule has 0 atom stereocenters. The van der Waals surface area contributed by atoms with Crippen molar-refractivity contribution in [2.75, 3.05) is 31.4 Å². The van der Waals surface area contributed by atoms with Gasteiger partial charge in [-0.15, -0.1) is 11.6 Å². The average molecular weight is 269 g/mol. The Morgan fingerprint density at radius 3 is 2.39 bits per heavy atom. The number of benzene rings is 1. The van der Waals surface area contributed by atoms with Crippen LogP contribution in [0.4, 0.5) is 5.69 Å². The second kappa shape index (κ2) is 7.98. The van der Waals surface area contributed by atoms with Gasteiger partial charge in [-0.25, -0.2) is 0 Å². The third kappa shape index (κ3) is 4.96. The van der Waals surface area contributed by atoms with Gasteiger partial charge >= 0.3 is 0 Å². The summed E-state index contributed by atoms with van der Waals surface area (Å²) in [7, 11) is 3.96. The number of carbonyl (C=O) groups excluding carboxylic acids is 1. The van der Waals surface area contributed by atoms with Crippen LogP contribution in [-0.2, 0) is 0 Å². The molecule has 0 unspecified atom stereocenters.